The van der Waals surface area contributed by atoms with Gasteiger partial charge in [-0.15, -0.1) is 0 Å². The van der Waals surface area contributed by atoms with Gasteiger partial charge in [0.1, 0.15) is 6.54 Å². The van der Waals surface area contributed by atoms with E-state index in [-0.39, 0.29) is 12.1 Å². The molecule has 4 heteroatoms. The number of unbranched alkanes of at least 4 members (excludes halogenated alkanes) is 8. The van der Waals surface area contributed by atoms with Crippen LogP contribution in [0, 0.1) is 0 Å². The second kappa shape index (κ2) is 13.9. The molecular weight excluding hydrogens is 334 g/mol. The molecule has 1 rings (SSSR count). The molecule has 1 aliphatic heterocycles. The van der Waals surface area contributed by atoms with Crippen molar-refractivity contribution in [2.75, 3.05) is 19.6 Å². The van der Waals surface area contributed by atoms with E-state index in [1.54, 1.807) is 6.92 Å². The summed E-state index contributed by atoms with van der Waals surface area (Å²) in [5.41, 5.74) is 0. The molecule has 0 aromatic carbocycles. The molecule has 0 aromatic rings. The van der Waals surface area contributed by atoms with Crippen LogP contribution in [0.5, 0.6) is 0 Å². The SMILES string of the molecule is CCCC/C=C/CCCCCCCCC1=NCC[N+]1(CC)C(C)NC(C)=O. The Labute approximate surface area is 168 Å². The van der Waals surface area contributed by atoms with Crippen LogP contribution in [-0.4, -0.2) is 42.0 Å². The van der Waals surface area contributed by atoms with E-state index >= 15 is 0 Å². The van der Waals surface area contributed by atoms with Crippen molar-refractivity contribution in [1.29, 1.82) is 0 Å². The van der Waals surface area contributed by atoms with Crippen molar-refractivity contribution in [3.05, 3.63) is 12.2 Å². The van der Waals surface area contributed by atoms with Crippen LogP contribution in [0.25, 0.3) is 0 Å². The zero-order chi connectivity index (χ0) is 20.0. The Bertz CT molecular complexity index is 472. The molecule has 27 heavy (non-hydrogen) atoms. The van der Waals surface area contributed by atoms with Gasteiger partial charge in [-0.1, -0.05) is 57.6 Å². The van der Waals surface area contributed by atoms with Gasteiger partial charge in [-0.05, 0) is 32.6 Å². The highest BCUT2D eigenvalue weighted by Gasteiger charge is 2.41. The van der Waals surface area contributed by atoms with E-state index in [1.165, 1.54) is 70.0 Å². The van der Waals surface area contributed by atoms with Gasteiger partial charge in [0.2, 0.25) is 5.91 Å². The van der Waals surface area contributed by atoms with Crippen LogP contribution in [0.3, 0.4) is 0 Å². The number of aliphatic imine (C=N–C) groups is 1. The van der Waals surface area contributed by atoms with E-state index in [2.05, 4.69) is 38.2 Å². The maximum absolute atomic E-state index is 11.5. The Hall–Kier alpha value is -1.16. The summed E-state index contributed by atoms with van der Waals surface area (Å²) in [4.78, 5) is 16.3. The van der Waals surface area contributed by atoms with Crippen molar-refractivity contribution in [3.63, 3.8) is 0 Å². The summed E-state index contributed by atoms with van der Waals surface area (Å²) in [6, 6.07) is 0. The zero-order valence-corrected chi connectivity index (χ0v) is 18.4. The van der Waals surface area contributed by atoms with E-state index < -0.39 is 0 Å². The Morgan fingerprint density at radius 3 is 2.33 bits per heavy atom. The highest BCUT2D eigenvalue weighted by molar-refractivity contribution is 5.78. The quantitative estimate of drug-likeness (QED) is 0.225. The van der Waals surface area contributed by atoms with E-state index in [4.69, 9.17) is 4.99 Å². The molecule has 1 heterocycles. The second-order valence-corrected chi connectivity index (χ2v) is 8.02. The third-order valence-electron chi connectivity index (χ3n) is 5.94. The maximum Gasteiger partial charge on any atom is 0.221 e. The molecule has 0 fully saturated rings. The van der Waals surface area contributed by atoms with Crippen LogP contribution in [0.4, 0.5) is 0 Å². The average Bonchev–Trinajstić information content (AvgIpc) is 3.06. The van der Waals surface area contributed by atoms with Crippen molar-refractivity contribution >= 4 is 11.7 Å². The zero-order valence-electron chi connectivity index (χ0n) is 18.4. The Balaban J connectivity index is 2.18. The van der Waals surface area contributed by atoms with Gasteiger partial charge in [0.05, 0.1) is 13.1 Å². The summed E-state index contributed by atoms with van der Waals surface area (Å²) >= 11 is 0. The minimum absolute atomic E-state index is 0.0555. The lowest BCUT2D eigenvalue weighted by Crippen LogP contribution is -2.62. The highest BCUT2D eigenvalue weighted by atomic mass is 16.1. The molecule has 1 amide bonds. The number of hydrogen-bond donors (Lipinski definition) is 1. The lowest BCUT2D eigenvalue weighted by atomic mass is 10.1. The molecule has 0 radical (unpaired) electrons. The lowest BCUT2D eigenvalue weighted by Gasteiger charge is -2.39. The van der Waals surface area contributed by atoms with Crippen LogP contribution in [0.15, 0.2) is 17.1 Å². The summed E-state index contributed by atoms with van der Waals surface area (Å²) in [5, 5.41) is 3.10. The van der Waals surface area contributed by atoms with Crippen LogP contribution in [0.2, 0.25) is 0 Å². The van der Waals surface area contributed by atoms with Gasteiger partial charge < -0.3 is 5.32 Å². The maximum atomic E-state index is 11.5. The number of likely N-dealkylation sites (N-methyl/N-ethyl adjacent to an activating group) is 1. The molecule has 0 aromatic heterocycles. The van der Waals surface area contributed by atoms with Gasteiger partial charge in [0.25, 0.3) is 0 Å². The fourth-order valence-electron chi connectivity index (χ4n) is 4.19. The van der Waals surface area contributed by atoms with Crippen LogP contribution in [-0.2, 0) is 4.79 Å². The third kappa shape index (κ3) is 8.59. The monoisotopic (exact) mass is 378 g/mol. The number of nitrogens with zero attached hydrogens (tertiary/aromatic N) is 2. The summed E-state index contributed by atoms with van der Waals surface area (Å²) in [6.45, 7) is 11.1. The predicted molar refractivity (Wildman–Crippen MR) is 117 cm³/mol. The van der Waals surface area contributed by atoms with Gasteiger partial charge in [0, 0.05) is 20.3 Å². The molecule has 0 spiro atoms. The number of rotatable bonds is 15. The molecule has 2 unspecified atom stereocenters. The number of quaternary nitrogens is 1. The van der Waals surface area contributed by atoms with E-state index in [9.17, 15) is 4.79 Å². The van der Waals surface area contributed by atoms with Crippen LogP contribution < -0.4 is 5.32 Å². The van der Waals surface area contributed by atoms with Crippen molar-refractivity contribution in [2.45, 2.75) is 104 Å². The number of carbonyl (C=O) groups excluding carboxylic acids is 1. The molecule has 2 atom stereocenters. The van der Waals surface area contributed by atoms with E-state index in [0.717, 1.165) is 30.5 Å². The average molecular weight is 379 g/mol. The summed E-state index contributed by atoms with van der Waals surface area (Å²) in [6.07, 6.45) is 18.9. The minimum atomic E-state index is 0.0555. The highest BCUT2D eigenvalue weighted by Crippen LogP contribution is 2.23. The molecule has 1 N–H and O–H groups in total. The second-order valence-electron chi connectivity index (χ2n) is 8.02. The summed E-state index contributed by atoms with van der Waals surface area (Å²) < 4.78 is 0.851. The Kier molecular flexibility index (Phi) is 12.3. The Morgan fingerprint density at radius 1 is 1.07 bits per heavy atom. The first-order valence-corrected chi connectivity index (χ1v) is 11.4. The molecule has 0 bridgehead atoms. The molecule has 4 nitrogen and oxygen atoms in total. The van der Waals surface area contributed by atoms with Crippen LogP contribution >= 0.6 is 0 Å². The largest absolute Gasteiger partial charge is 0.307 e. The van der Waals surface area contributed by atoms with Crippen LogP contribution in [0.1, 0.15) is 98.3 Å². The predicted octanol–water partition coefficient (Wildman–Crippen LogP) is 5.58. The van der Waals surface area contributed by atoms with Crippen molar-refractivity contribution in [3.8, 4) is 0 Å². The van der Waals surface area contributed by atoms with Gasteiger partial charge >= 0.3 is 0 Å². The molecule has 0 saturated carbocycles. The van der Waals surface area contributed by atoms with Gasteiger partial charge in [-0.25, -0.2) is 4.99 Å². The number of amides is 1. The number of allylic oxidation sites excluding steroid dienone is 2. The lowest BCUT2D eigenvalue weighted by molar-refractivity contribution is -0.861. The normalized spacial score (nSPS) is 20.8. The van der Waals surface area contributed by atoms with Gasteiger partial charge in [0.15, 0.2) is 12.0 Å². The number of nitrogens with one attached hydrogen (secondary N) is 1. The fraction of sp³-hybridized carbons (Fsp3) is 0.826. The fourth-order valence-corrected chi connectivity index (χ4v) is 4.19. The van der Waals surface area contributed by atoms with Crippen molar-refractivity contribution in [1.82, 2.24) is 5.32 Å². The van der Waals surface area contributed by atoms with Gasteiger partial charge in [-0.2, -0.15) is 0 Å². The Morgan fingerprint density at radius 2 is 1.70 bits per heavy atom. The van der Waals surface area contributed by atoms with Crippen molar-refractivity contribution < 1.29 is 9.28 Å². The number of amidine groups is 1. The molecule has 0 saturated heterocycles. The molecule has 0 aliphatic carbocycles. The number of hydrogen-bond acceptors (Lipinski definition) is 2. The molecule has 156 valence electrons. The first-order chi connectivity index (χ1) is 13.1. The van der Waals surface area contributed by atoms with E-state index in [1.807, 2.05) is 0 Å². The minimum Gasteiger partial charge on any atom is -0.307 e. The smallest absolute Gasteiger partial charge is 0.221 e. The topological polar surface area (TPSA) is 41.5 Å². The molecular formula is C23H44N3O+. The first kappa shape index (κ1) is 23.9. The standard InChI is InChI=1S/C23H43N3O/c1-5-7-8-9-10-11-12-13-14-15-16-17-18-23-24-19-20-26(23,6-2)21(3)25-22(4)27/h9-10,21H,5-8,11-20H2,1-4H3/p+1/b10-9+. The summed E-state index contributed by atoms with van der Waals surface area (Å²) in [7, 11) is 0. The number of carbonyl (C=O) groups is 1. The van der Waals surface area contributed by atoms with Crippen molar-refractivity contribution in [2.24, 2.45) is 4.99 Å². The van der Waals surface area contributed by atoms with E-state index in [0.29, 0.717) is 0 Å². The molecule has 1 aliphatic rings. The summed E-state index contributed by atoms with van der Waals surface area (Å²) in [5.74, 6) is 1.36. The first-order valence-electron chi connectivity index (χ1n) is 11.4. The van der Waals surface area contributed by atoms with Gasteiger partial charge in [-0.3, -0.25) is 9.28 Å². The third-order valence-corrected chi connectivity index (χ3v) is 5.94.